The van der Waals surface area contributed by atoms with Crippen molar-refractivity contribution < 1.29 is 8.42 Å². The van der Waals surface area contributed by atoms with E-state index in [0.717, 1.165) is 26.2 Å². The Morgan fingerprint density at radius 2 is 2.00 bits per heavy atom. The molecule has 0 bridgehead atoms. The molecule has 3 rings (SSSR count). The maximum absolute atomic E-state index is 11.6. The minimum absolute atomic E-state index is 0.198. The molecule has 128 valence electrons. The molecule has 1 aromatic carbocycles. The second-order valence-electron chi connectivity index (χ2n) is 6.87. The first-order chi connectivity index (χ1) is 10.9. The normalized spacial score (nSPS) is 20.0. The van der Waals surface area contributed by atoms with E-state index in [1.54, 1.807) is 0 Å². The summed E-state index contributed by atoms with van der Waals surface area (Å²) < 4.78 is 23.2. The Morgan fingerprint density at radius 1 is 1.26 bits per heavy atom. The van der Waals surface area contributed by atoms with Crippen molar-refractivity contribution in [3.05, 3.63) is 29.3 Å². The summed E-state index contributed by atoms with van der Waals surface area (Å²) >= 11 is 0. The maximum Gasteiger partial charge on any atom is 0.149 e. The number of sulfone groups is 1. The molecule has 0 amide bonds. The van der Waals surface area contributed by atoms with E-state index < -0.39 is 9.84 Å². The summed E-state index contributed by atoms with van der Waals surface area (Å²) in [6.45, 7) is 6.78. The summed E-state index contributed by atoms with van der Waals surface area (Å²) in [4.78, 5) is 0. The van der Waals surface area contributed by atoms with Crippen LogP contribution < -0.4 is 10.3 Å². The van der Waals surface area contributed by atoms with E-state index in [-0.39, 0.29) is 5.75 Å². The van der Waals surface area contributed by atoms with Gasteiger partial charge in [0.05, 0.1) is 11.4 Å². The number of aryl methyl sites for hydroxylation is 1. The summed E-state index contributed by atoms with van der Waals surface area (Å²) in [6.07, 6.45) is 3.72. The van der Waals surface area contributed by atoms with Crippen molar-refractivity contribution in [3.8, 4) is 0 Å². The summed E-state index contributed by atoms with van der Waals surface area (Å²) in [5.41, 5.74) is 3.82. The van der Waals surface area contributed by atoms with Gasteiger partial charge in [-0.05, 0) is 56.0 Å². The number of hydrogen-bond donors (Lipinski definition) is 1. The van der Waals surface area contributed by atoms with E-state index in [2.05, 4.69) is 40.5 Å². The fourth-order valence-electron chi connectivity index (χ4n) is 3.59. The molecule has 0 spiro atoms. The van der Waals surface area contributed by atoms with Gasteiger partial charge in [0.15, 0.2) is 0 Å². The first-order valence-corrected chi connectivity index (χ1v) is 10.5. The molecule has 0 aliphatic carbocycles. The number of hydrogen-bond acceptors (Lipinski definition) is 5. The Bertz CT molecular complexity index is 654. The lowest BCUT2D eigenvalue weighted by atomic mass is 9.98. The third kappa shape index (κ3) is 4.05. The average molecular weight is 337 g/mol. The highest BCUT2D eigenvalue weighted by Gasteiger charge is 2.30. The zero-order valence-corrected chi connectivity index (χ0v) is 14.9. The molecule has 6 heteroatoms. The highest BCUT2D eigenvalue weighted by molar-refractivity contribution is 7.90. The van der Waals surface area contributed by atoms with Crippen LogP contribution >= 0.6 is 0 Å². The molecule has 1 saturated heterocycles. The first-order valence-electron chi connectivity index (χ1n) is 8.43. The smallest absolute Gasteiger partial charge is 0.149 e. The number of benzene rings is 1. The van der Waals surface area contributed by atoms with E-state index in [1.807, 2.05) is 0 Å². The van der Waals surface area contributed by atoms with Crippen LogP contribution in [0.3, 0.4) is 0 Å². The van der Waals surface area contributed by atoms with Crippen molar-refractivity contribution >= 4 is 15.5 Å². The van der Waals surface area contributed by atoms with Crippen molar-refractivity contribution in [3.63, 3.8) is 0 Å². The molecule has 2 aliphatic rings. The molecule has 1 aromatic rings. The number of fused-ring (bicyclic) bond motifs is 1. The van der Waals surface area contributed by atoms with Crippen LogP contribution in [0.2, 0.25) is 0 Å². The lowest BCUT2D eigenvalue weighted by Gasteiger charge is -2.34. The summed E-state index contributed by atoms with van der Waals surface area (Å²) in [5, 5.41) is 7.97. The van der Waals surface area contributed by atoms with Gasteiger partial charge in [-0.1, -0.05) is 12.1 Å². The van der Waals surface area contributed by atoms with Crippen molar-refractivity contribution in [2.75, 3.05) is 43.2 Å². The second kappa shape index (κ2) is 6.79. The number of rotatable bonds is 5. The topological polar surface area (TPSA) is 52.6 Å². The second-order valence-corrected chi connectivity index (χ2v) is 9.13. The number of anilines is 1. The highest BCUT2D eigenvalue weighted by Crippen LogP contribution is 2.34. The lowest BCUT2D eigenvalue weighted by Crippen LogP contribution is -2.44. The summed E-state index contributed by atoms with van der Waals surface area (Å²) in [5.74, 6) is 0.884. The van der Waals surface area contributed by atoms with E-state index in [1.165, 1.54) is 35.9 Å². The van der Waals surface area contributed by atoms with Gasteiger partial charge in [-0.25, -0.2) is 13.4 Å². The number of piperidine rings is 1. The molecule has 0 aromatic heterocycles. The molecule has 2 heterocycles. The quantitative estimate of drug-likeness (QED) is 0.884. The van der Waals surface area contributed by atoms with Gasteiger partial charge in [0, 0.05) is 25.9 Å². The third-order valence-electron chi connectivity index (χ3n) is 4.95. The summed E-state index contributed by atoms with van der Waals surface area (Å²) in [6, 6.07) is 6.32. The van der Waals surface area contributed by atoms with Crippen molar-refractivity contribution in [2.45, 2.75) is 26.3 Å². The van der Waals surface area contributed by atoms with Gasteiger partial charge in [-0.15, -0.1) is 0 Å². The Balaban J connectivity index is 1.78. The number of nitrogens with zero attached hydrogens (tertiary/aromatic N) is 2. The Labute approximate surface area is 139 Å². The molecule has 2 aliphatic heterocycles. The van der Waals surface area contributed by atoms with E-state index in [4.69, 9.17) is 0 Å². The minimum atomic E-state index is -2.96. The maximum atomic E-state index is 11.6. The standard InChI is InChI=1S/C17H27N3O2S/c1-14-4-3-5-17-16(14)13-19(12-15-6-8-18-9-7-15)20(17)10-11-23(2,21)22/h3-5,15,18H,6-13H2,1-2H3. The molecular formula is C17H27N3O2S. The fourth-order valence-corrected chi connectivity index (χ4v) is 4.10. The predicted molar refractivity (Wildman–Crippen MR) is 94.2 cm³/mol. The molecule has 23 heavy (non-hydrogen) atoms. The fraction of sp³-hybridized carbons (Fsp3) is 0.647. The predicted octanol–water partition coefficient (Wildman–Crippen LogP) is 1.58. The molecular weight excluding hydrogens is 310 g/mol. The van der Waals surface area contributed by atoms with Gasteiger partial charge in [0.25, 0.3) is 0 Å². The Kier molecular flexibility index (Phi) is 4.94. The number of hydrazine groups is 1. The molecule has 1 fully saturated rings. The van der Waals surface area contributed by atoms with Crippen LogP contribution in [-0.2, 0) is 16.4 Å². The van der Waals surface area contributed by atoms with Crippen LogP contribution in [0.5, 0.6) is 0 Å². The SMILES string of the molecule is Cc1cccc2c1CN(CC1CCNCC1)N2CCS(C)(=O)=O. The Hall–Kier alpha value is -1.11. The van der Waals surface area contributed by atoms with Gasteiger partial charge in [-0.2, -0.15) is 0 Å². The van der Waals surface area contributed by atoms with E-state index >= 15 is 0 Å². The van der Waals surface area contributed by atoms with Crippen molar-refractivity contribution in [1.82, 2.24) is 10.3 Å². The minimum Gasteiger partial charge on any atom is -0.317 e. The van der Waals surface area contributed by atoms with Gasteiger partial charge < -0.3 is 10.3 Å². The lowest BCUT2D eigenvalue weighted by molar-refractivity contribution is 0.198. The van der Waals surface area contributed by atoms with Gasteiger partial charge in [0.2, 0.25) is 0 Å². The van der Waals surface area contributed by atoms with Crippen LogP contribution in [0.4, 0.5) is 5.69 Å². The third-order valence-corrected chi connectivity index (χ3v) is 5.87. The molecule has 0 radical (unpaired) electrons. The van der Waals surface area contributed by atoms with Crippen LogP contribution in [0.15, 0.2) is 18.2 Å². The van der Waals surface area contributed by atoms with Crippen LogP contribution in [0.1, 0.15) is 24.0 Å². The van der Waals surface area contributed by atoms with Crippen molar-refractivity contribution in [1.29, 1.82) is 0 Å². The molecule has 0 atom stereocenters. The number of nitrogens with one attached hydrogen (secondary N) is 1. The molecule has 0 saturated carbocycles. The van der Waals surface area contributed by atoms with Crippen LogP contribution in [-0.4, -0.2) is 51.6 Å². The van der Waals surface area contributed by atoms with E-state index in [0.29, 0.717) is 12.5 Å². The average Bonchev–Trinajstić information content (AvgIpc) is 2.84. The van der Waals surface area contributed by atoms with Crippen LogP contribution in [0.25, 0.3) is 0 Å². The molecule has 1 N–H and O–H groups in total. The molecule has 0 unspecified atom stereocenters. The van der Waals surface area contributed by atoms with Crippen LogP contribution in [0, 0.1) is 12.8 Å². The molecule has 5 nitrogen and oxygen atoms in total. The zero-order chi connectivity index (χ0) is 16.4. The van der Waals surface area contributed by atoms with Crippen molar-refractivity contribution in [2.24, 2.45) is 5.92 Å². The van der Waals surface area contributed by atoms with Gasteiger partial charge >= 0.3 is 0 Å². The van der Waals surface area contributed by atoms with Gasteiger partial charge in [0.1, 0.15) is 9.84 Å². The monoisotopic (exact) mass is 337 g/mol. The highest BCUT2D eigenvalue weighted by atomic mass is 32.2. The zero-order valence-electron chi connectivity index (χ0n) is 14.1. The van der Waals surface area contributed by atoms with Gasteiger partial charge in [-0.3, -0.25) is 0 Å². The first kappa shape index (κ1) is 16.7. The largest absolute Gasteiger partial charge is 0.317 e. The Morgan fingerprint density at radius 3 is 2.70 bits per heavy atom. The van der Waals surface area contributed by atoms with E-state index in [9.17, 15) is 8.42 Å². The summed E-state index contributed by atoms with van der Waals surface area (Å²) in [7, 11) is -2.96.